The maximum Gasteiger partial charge on any atom is 0.0657 e. The third-order valence-corrected chi connectivity index (χ3v) is 3.62. The van der Waals surface area contributed by atoms with Crippen molar-refractivity contribution in [2.24, 2.45) is 0 Å². The minimum absolute atomic E-state index is 0.0767. The van der Waals surface area contributed by atoms with Crippen LogP contribution in [-0.4, -0.2) is 15.1 Å². The van der Waals surface area contributed by atoms with E-state index in [-0.39, 0.29) is 6.10 Å². The second kappa shape index (κ2) is 7.35. The SMILES string of the molecule is CCCCCC(O)C(I)CC. The number of aliphatic hydroxyl groups is 1. The Balaban J connectivity index is 3.28. The van der Waals surface area contributed by atoms with Crippen molar-refractivity contribution in [2.75, 3.05) is 0 Å². The molecule has 1 nitrogen and oxygen atoms in total. The molecule has 0 aromatic heterocycles. The van der Waals surface area contributed by atoms with E-state index in [1.54, 1.807) is 0 Å². The van der Waals surface area contributed by atoms with Crippen LogP contribution in [0.4, 0.5) is 0 Å². The summed E-state index contributed by atoms with van der Waals surface area (Å²) < 4.78 is 0.449. The van der Waals surface area contributed by atoms with Gasteiger partial charge in [0.1, 0.15) is 0 Å². The summed E-state index contributed by atoms with van der Waals surface area (Å²) in [7, 11) is 0. The molecule has 0 rings (SSSR count). The zero-order chi connectivity index (χ0) is 8.69. The van der Waals surface area contributed by atoms with E-state index in [2.05, 4.69) is 36.4 Å². The molecule has 0 saturated heterocycles. The van der Waals surface area contributed by atoms with Gasteiger partial charge in [-0.15, -0.1) is 0 Å². The van der Waals surface area contributed by atoms with E-state index in [0.29, 0.717) is 3.92 Å². The summed E-state index contributed by atoms with van der Waals surface area (Å²) in [5, 5.41) is 9.54. The zero-order valence-electron chi connectivity index (χ0n) is 7.52. The highest BCUT2D eigenvalue weighted by molar-refractivity contribution is 14.1. The number of halogens is 1. The molecule has 2 heteroatoms. The molecule has 0 aromatic rings. The lowest BCUT2D eigenvalue weighted by atomic mass is 10.1. The topological polar surface area (TPSA) is 20.2 Å². The first-order chi connectivity index (χ1) is 5.22. The van der Waals surface area contributed by atoms with E-state index in [0.717, 1.165) is 12.8 Å². The largest absolute Gasteiger partial charge is 0.392 e. The molecule has 0 aliphatic rings. The Hall–Kier alpha value is 0.690. The Morgan fingerprint density at radius 1 is 1.27 bits per heavy atom. The number of hydrogen-bond acceptors (Lipinski definition) is 1. The number of alkyl halides is 1. The van der Waals surface area contributed by atoms with E-state index in [9.17, 15) is 5.11 Å². The third kappa shape index (κ3) is 5.91. The smallest absolute Gasteiger partial charge is 0.0657 e. The Kier molecular flexibility index (Phi) is 7.81. The molecular formula is C9H19IO. The van der Waals surface area contributed by atoms with Crippen LogP contribution in [0.25, 0.3) is 0 Å². The molecule has 0 amide bonds. The van der Waals surface area contributed by atoms with Crippen LogP contribution in [0.15, 0.2) is 0 Å². The van der Waals surface area contributed by atoms with E-state index >= 15 is 0 Å². The van der Waals surface area contributed by atoms with Gasteiger partial charge in [-0.05, 0) is 12.8 Å². The van der Waals surface area contributed by atoms with Crippen molar-refractivity contribution in [3.05, 3.63) is 0 Å². The number of hydrogen-bond donors (Lipinski definition) is 1. The van der Waals surface area contributed by atoms with Crippen molar-refractivity contribution < 1.29 is 5.11 Å². The van der Waals surface area contributed by atoms with Gasteiger partial charge in [-0.1, -0.05) is 55.7 Å². The summed E-state index contributed by atoms with van der Waals surface area (Å²) in [6.45, 7) is 4.31. The predicted octanol–water partition coefficient (Wildman–Crippen LogP) is 3.14. The molecule has 0 aliphatic heterocycles. The van der Waals surface area contributed by atoms with Gasteiger partial charge in [-0.25, -0.2) is 0 Å². The van der Waals surface area contributed by atoms with Crippen molar-refractivity contribution in [2.45, 2.75) is 56.0 Å². The quantitative estimate of drug-likeness (QED) is 0.446. The molecule has 2 unspecified atom stereocenters. The highest BCUT2D eigenvalue weighted by Crippen LogP contribution is 2.15. The van der Waals surface area contributed by atoms with Gasteiger partial charge in [0.2, 0.25) is 0 Å². The fourth-order valence-corrected chi connectivity index (χ4v) is 1.42. The van der Waals surface area contributed by atoms with Crippen molar-refractivity contribution in [3.8, 4) is 0 Å². The average Bonchev–Trinajstić information content (AvgIpc) is 2.03. The first kappa shape index (κ1) is 11.7. The Labute approximate surface area is 83.7 Å². The van der Waals surface area contributed by atoms with E-state index in [1.165, 1.54) is 19.3 Å². The molecule has 0 heterocycles. The van der Waals surface area contributed by atoms with E-state index in [1.807, 2.05) is 0 Å². The van der Waals surface area contributed by atoms with Crippen molar-refractivity contribution in [1.82, 2.24) is 0 Å². The molecule has 0 bridgehead atoms. The fourth-order valence-electron chi connectivity index (χ4n) is 1.06. The molecule has 11 heavy (non-hydrogen) atoms. The van der Waals surface area contributed by atoms with Crippen LogP contribution in [0.2, 0.25) is 0 Å². The molecule has 1 N–H and O–H groups in total. The molecule has 0 spiro atoms. The van der Waals surface area contributed by atoms with Gasteiger partial charge in [0, 0.05) is 3.92 Å². The fraction of sp³-hybridized carbons (Fsp3) is 1.00. The minimum atomic E-state index is -0.0767. The zero-order valence-corrected chi connectivity index (χ0v) is 9.67. The summed E-state index contributed by atoms with van der Waals surface area (Å²) in [5.41, 5.74) is 0. The minimum Gasteiger partial charge on any atom is -0.392 e. The van der Waals surface area contributed by atoms with Crippen LogP contribution in [0, 0.1) is 0 Å². The van der Waals surface area contributed by atoms with E-state index in [4.69, 9.17) is 0 Å². The number of aliphatic hydroxyl groups excluding tert-OH is 1. The van der Waals surface area contributed by atoms with Crippen molar-refractivity contribution in [1.29, 1.82) is 0 Å². The summed E-state index contributed by atoms with van der Waals surface area (Å²) >= 11 is 2.33. The average molecular weight is 270 g/mol. The lowest BCUT2D eigenvalue weighted by molar-refractivity contribution is 0.160. The molecular weight excluding hydrogens is 251 g/mol. The molecule has 0 fully saturated rings. The van der Waals surface area contributed by atoms with Gasteiger partial charge in [-0.3, -0.25) is 0 Å². The summed E-state index contributed by atoms with van der Waals surface area (Å²) in [6.07, 6.45) is 5.65. The molecule has 68 valence electrons. The van der Waals surface area contributed by atoms with Crippen molar-refractivity contribution >= 4 is 22.6 Å². The maximum absolute atomic E-state index is 9.54. The van der Waals surface area contributed by atoms with Gasteiger partial charge in [0.15, 0.2) is 0 Å². The summed E-state index contributed by atoms with van der Waals surface area (Å²) in [5.74, 6) is 0. The Morgan fingerprint density at radius 2 is 1.91 bits per heavy atom. The summed E-state index contributed by atoms with van der Waals surface area (Å²) in [6, 6.07) is 0. The van der Waals surface area contributed by atoms with Crippen LogP contribution in [0.5, 0.6) is 0 Å². The Bertz CT molecular complexity index is 85.6. The van der Waals surface area contributed by atoms with E-state index < -0.39 is 0 Å². The van der Waals surface area contributed by atoms with Crippen LogP contribution in [0.3, 0.4) is 0 Å². The molecule has 0 saturated carbocycles. The monoisotopic (exact) mass is 270 g/mol. The van der Waals surface area contributed by atoms with Gasteiger partial charge in [-0.2, -0.15) is 0 Å². The third-order valence-electron chi connectivity index (χ3n) is 1.91. The molecule has 2 atom stereocenters. The molecule has 0 aliphatic carbocycles. The first-order valence-electron chi connectivity index (χ1n) is 4.54. The second-order valence-corrected chi connectivity index (χ2v) is 4.59. The first-order valence-corrected chi connectivity index (χ1v) is 5.79. The second-order valence-electron chi connectivity index (χ2n) is 2.99. The van der Waals surface area contributed by atoms with Gasteiger partial charge >= 0.3 is 0 Å². The predicted molar refractivity (Wildman–Crippen MR) is 58.2 cm³/mol. The summed E-state index contributed by atoms with van der Waals surface area (Å²) in [4.78, 5) is 0. The van der Waals surface area contributed by atoms with Crippen LogP contribution < -0.4 is 0 Å². The molecule has 0 aromatic carbocycles. The highest BCUT2D eigenvalue weighted by atomic mass is 127. The van der Waals surface area contributed by atoms with Crippen LogP contribution >= 0.6 is 22.6 Å². The lowest BCUT2D eigenvalue weighted by Crippen LogP contribution is -2.18. The standard InChI is InChI=1S/C9H19IO/c1-3-5-6-7-9(11)8(10)4-2/h8-9,11H,3-7H2,1-2H3. The van der Waals surface area contributed by atoms with Crippen molar-refractivity contribution in [3.63, 3.8) is 0 Å². The normalized spacial score (nSPS) is 16.4. The van der Waals surface area contributed by atoms with Gasteiger partial charge < -0.3 is 5.11 Å². The highest BCUT2D eigenvalue weighted by Gasteiger charge is 2.12. The maximum atomic E-state index is 9.54. The van der Waals surface area contributed by atoms with Gasteiger partial charge in [0.25, 0.3) is 0 Å². The number of rotatable bonds is 6. The van der Waals surface area contributed by atoms with Gasteiger partial charge in [0.05, 0.1) is 6.10 Å². The van der Waals surface area contributed by atoms with Crippen LogP contribution in [-0.2, 0) is 0 Å². The molecule has 0 radical (unpaired) electrons. The van der Waals surface area contributed by atoms with Crippen LogP contribution in [0.1, 0.15) is 46.0 Å². The Morgan fingerprint density at radius 3 is 2.36 bits per heavy atom. The number of unbranched alkanes of at least 4 members (excludes halogenated alkanes) is 2. The lowest BCUT2D eigenvalue weighted by Gasteiger charge is -2.14.